The van der Waals surface area contributed by atoms with Crippen LogP contribution in [0.3, 0.4) is 0 Å². The van der Waals surface area contributed by atoms with Crippen molar-refractivity contribution in [2.24, 2.45) is 11.7 Å². The Hall–Kier alpha value is 0.459. The van der Waals surface area contributed by atoms with Crippen LogP contribution in [0.5, 0.6) is 0 Å². The van der Waals surface area contributed by atoms with Crippen molar-refractivity contribution in [3.63, 3.8) is 0 Å². The van der Waals surface area contributed by atoms with Crippen LogP contribution in [0.15, 0.2) is 0 Å². The maximum absolute atomic E-state index is 8.52. The Labute approximate surface area is 91.4 Å². The summed E-state index contributed by atoms with van der Waals surface area (Å²) in [6.45, 7) is 0. The number of nitrogens with two attached hydrogens (primary N) is 2. The first-order chi connectivity index (χ1) is 5.00. The Morgan fingerprint density at radius 1 is 0.692 bits per heavy atom. The van der Waals surface area contributed by atoms with Crippen molar-refractivity contribution < 1.29 is 35.0 Å². The van der Waals surface area contributed by atoms with Gasteiger partial charge < -0.3 is 18.2 Å². The third kappa shape index (κ3) is 6480. The summed E-state index contributed by atoms with van der Waals surface area (Å²) in [4.78, 5) is 0. The summed E-state index contributed by atoms with van der Waals surface area (Å²) in [6, 6.07) is 0. The topological polar surface area (TPSA) is 213 Å². The minimum atomic E-state index is -5.17. The predicted octanol–water partition coefficient (Wildman–Crippen LogP) is -4.24. The zero-order valence-corrected chi connectivity index (χ0v) is 10.2. The van der Waals surface area contributed by atoms with Gasteiger partial charge in [-0.3, -0.25) is 28.5 Å². The van der Waals surface area contributed by atoms with E-state index in [1.54, 1.807) is 0 Å². The molecule has 0 aromatic heterocycles. The summed E-state index contributed by atoms with van der Waals surface area (Å²) in [7, 11) is -10.3. The van der Waals surface area contributed by atoms with Crippen LogP contribution in [0.1, 0.15) is 0 Å². The van der Waals surface area contributed by atoms with E-state index in [9.17, 15) is 0 Å². The predicted molar refractivity (Wildman–Crippen MR) is 35.1 cm³/mol. The molecule has 0 aromatic rings. The van der Waals surface area contributed by atoms with E-state index in [1.165, 1.54) is 0 Å². The van der Waals surface area contributed by atoms with E-state index >= 15 is 0 Å². The molecule has 0 radical (unpaired) electrons. The smallest absolute Gasteiger partial charge is 0.759 e. The molecular weight excluding hydrogens is 339 g/mol. The van der Waals surface area contributed by atoms with E-state index in [-0.39, 0.29) is 23.9 Å². The maximum atomic E-state index is 8.52. The van der Waals surface area contributed by atoms with E-state index in [0.29, 0.717) is 0 Å². The van der Waals surface area contributed by atoms with Crippen molar-refractivity contribution in [2.75, 3.05) is 0 Å². The van der Waals surface area contributed by atoms with Gasteiger partial charge in [0.2, 0.25) is 0 Å². The van der Waals surface area contributed by atoms with Gasteiger partial charge in [-0.1, -0.05) is 0 Å². The van der Waals surface area contributed by atoms with Crippen LogP contribution in [-0.4, -0.2) is 59.0 Å². The van der Waals surface area contributed by atoms with Crippen LogP contribution in [0, 0.1) is 0 Å². The van der Waals surface area contributed by atoms with Crippen molar-refractivity contribution in [2.45, 2.75) is 0 Å². The van der Waals surface area contributed by atoms with Gasteiger partial charge >= 0.3 is 23.9 Å². The SMILES string of the molecule is NN.O=S(=O)([O-])[O-].O=S(=O)([O-])[O-].[Sn+4]. The summed E-state index contributed by atoms with van der Waals surface area (Å²) in [6.07, 6.45) is 0. The molecule has 0 rings (SSSR count). The van der Waals surface area contributed by atoms with Crippen LogP contribution >= 0.6 is 0 Å². The Kier molecular flexibility index (Phi) is 18.9. The summed E-state index contributed by atoms with van der Waals surface area (Å²) in [5, 5.41) is 0. The molecule has 0 aromatic carbocycles. The van der Waals surface area contributed by atoms with Crippen LogP contribution < -0.4 is 11.7 Å². The zero-order chi connectivity index (χ0) is 11.0. The number of hydrogen-bond acceptors (Lipinski definition) is 10. The van der Waals surface area contributed by atoms with Crippen molar-refractivity contribution >= 4 is 44.7 Å². The first-order valence-corrected chi connectivity index (χ1v) is 4.33. The number of hydrazine groups is 1. The molecule has 0 aliphatic carbocycles. The van der Waals surface area contributed by atoms with E-state index in [1.807, 2.05) is 0 Å². The average Bonchev–Trinajstić information content (AvgIpc) is 1.59. The standard InChI is InChI=1S/H4N2.2H2O4S.Sn/c1-2;2*1-5(2,3)4;/h1-2H2;2*(H2,1,2,3,4);/q;;;+4/p-4. The first kappa shape index (κ1) is 23.3. The van der Waals surface area contributed by atoms with Crippen molar-refractivity contribution in [3.05, 3.63) is 0 Å². The fourth-order valence-corrected chi connectivity index (χ4v) is 0. The van der Waals surface area contributed by atoms with Crippen molar-refractivity contribution in [3.8, 4) is 0 Å². The molecule has 4 N–H and O–H groups in total. The Balaban J connectivity index is -0.0000000491. The molecule has 0 saturated heterocycles. The fraction of sp³-hybridized carbons (Fsp3) is 0. The summed E-state index contributed by atoms with van der Waals surface area (Å²) in [5.74, 6) is 8.00. The molecule has 0 bridgehead atoms. The summed E-state index contributed by atoms with van der Waals surface area (Å²) >= 11 is 0. The largest absolute Gasteiger partial charge is 4.00 e. The van der Waals surface area contributed by atoms with Crippen LogP contribution in [0.2, 0.25) is 0 Å². The summed E-state index contributed by atoms with van der Waals surface area (Å²) < 4.78 is 68.2. The second-order valence-electron chi connectivity index (χ2n) is 0.816. The molecule has 10 nitrogen and oxygen atoms in total. The van der Waals surface area contributed by atoms with Crippen LogP contribution in [-0.2, 0) is 20.8 Å². The molecule has 13 heavy (non-hydrogen) atoms. The quantitative estimate of drug-likeness (QED) is 0.142. The molecule has 0 fully saturated rings. The van der Waals surface area contributed by atoms with Gasteiger partial charge in [0.1, 0.15) is 0 Å². The number of hydrogen-bond donors (Lipinski definition) is 2. The molecule has 0 amide bonds. The molecule has 0 heterocycles. The number of rotatable bonds is 0. The maximum Gasteiger partial charge on any atom is 4.00 e. The molecule has 0 aliphatic heterocycles. The minimum absolute atomic E-state index is 0. The second-order valence-corrected chi connectivity index (χ2v) is 2.45. The molecule has 0 atom stereocenters. The van der Waals surface area contributed by atoms with Crippen molar-refractivity contribution in [1.82, 2.24) is 0 Å². The van der Waals surface area contributed by atoms with Gasteiger partial charge in [-0.25, -0.2) is 0 Å². The van der Waals surface area contributed by atoms with Gasteiger partial charge in [0, 0.05) is 20.8 Å². The Morgan fingerprint density at radius 2 is 0.692 bits per heavy atom. The molecule has 78 valence electrons. The fourth-order valence-electron chi connectivity index (χ4n) is 0. The van der Waals surface area contributed by atoms with Crippen LogP contribution in [0.4, 0.5) is 0 Å². The Bertz CT molecular complexity index is 217. The van der Waals surface area contributed by atoms with E-state index in [2.05, 4.69) is 11.7 Å². The second kappa shape index (κ2) is 10.5. The first-order valence-electron chi connectivity index (χ1n) is 1.67. The van der Waals surface area contributed by atoms with E-state index < -0.39 is 20.8 Å². The Morgan fingerprint density at radius 3 is 0.692 bits per heavy atom. The molecular formula is H4N2O8S2Sn. The summed E-state index contributed by atoms with van der Waals surface area (Å²) in [5.41, 5.74) is 0. The van der Waals surface area contributed by atoms with Gasteiger partial charge in [-0.15, -0.1) is 0 Å². The van der Waals surface area contributed by atoms with Gasteiger partial charge in [0.15, 0.2) is 0 Å². The van der Waals surface area contributed by atoms with Crippen molar-refractivity contribution in [1.29, 1.82) is 0 Å². The molecule has 0 saturated carbocycles. The monoisotopic (exact) mass is 344 g/mol. The van der Waals surface area contributed by atoms with Gasteiger partial charge in [-0.05, 0) is 0 Å². The van der Waals surface area contributed by atoms with Crippen LogP contribution in [0.25, 0.3) is 0 Å². The third-order valence-electron chi connectivity index (χ3n) is 0. The van der Waals surface area contributed by atoms with Gasteiger partial charge in [0.05, 0.1) is 0 Å². The van der Waals surface area contributed by atoms with E-state index in [0.717, 1.165) is 0 Å². The third-order valence-corrected chi connectivity index (χ3v) is 0. The normalized spacial score (nSPS) is 9.38. The average molecular weight is 343 g/mol. The van der Waals surface area contributed by atoms with E-state index in [4.69, 9.17) is 35.0 Å². The van der Waals surface area contributed by atoms with Gasteiger partial charge in [0.25, 0.3) is 0 Å². The molecule has 0 aliphatic rings. The molecule has 0 spiro atoms. The minimum Gasteiger partial charge on any atom is -0.759 e. The zero-order valence-electron chi connectivity index (χ0n) is 5.74. The molecule has 13 heteroatoms. The molecule has 0 unspecified atom stereocenters. The van der Waals surface area contributed by atoms with Gasteiger partial charge in [-0.2, -0.15) is 0 Å².